The Morgan fingerprint density at radius 1 is 1.00 bits per heavy atom. The van der Waals surface area contributed by atoms with Crippen molar-refractivity contribution < 1.29 is 35.6 Å². The van der Waals surface area contributed by atoms with Crippen molar-refractivity contribution in [1.82, 2.24) is 0 Å². The van der Waals surface area contributed by atoms with Gasteiger partial charge in [0, 0.05) is 12.0 Å². The summed E-state index contributed by atoms with van der Waals surface area (Å²) in [7, 11) is -2.02. The molecule has 1 aliphatic heterocycles. The molecule has 0 spiro atoms. The summed E-state index contributed by atoms with van der Waals surface area (Å²) < 4.78 is 88.9. The third kappa shape index (κ3) is 4.69. The molecule has 2 aliphatic rings. The fraction of sp³-hybridized carbons (Fsp3) is 0.500. The Bertz CT molecular complexity index is 1180. The third-order valence-electron chi connectivity index (χ3n) is 7.58. The van der Waals surface area contributed by atoms with Crippen LogP contribution >= 0.6 is 0 Å². The number of fused-ring (bicyclic) bond motifs is 1. The second-order valence-corrected chi connectivity index (χ2v) is 15.8. The first kappa shape index (κ1) is 26.7. The number of halogens is 6. The predicted octanol–water partition coefficient (Wildman–Crippen LogP) is 8.30. The number of hydrogen-bond donors (Lipinski definition) is 0. The van der Waals surface area contributed by atoms with Crippen LogP contribution in [0.2, 0.25) is 18.1 Å². The van der Waals surface area contributed by atoms with Crippen molar-refractivity contribution >= 4 is 14.0 Å². The smallest absolute Gasteiger partial charge is 0.410 e. The summed E-state index contributed by atoms with van der Waals surface area (Å²) >= 11 is 0. The lowest BCUT2D eigenvalue weighted by atomic mass is 9.85. The number of nitrogens with zero attached hydrogens (tertiary/aromatic N) is 1. The fourth-order valence-corrected chi connectivity index (χ4v) is 5.73. The fourth-order valence-electron chi connectivity index (χ4n) is 4.42. The molecule has 2 atom stereocenters. The van der Waals surface area contributed by atoms with Crippen LogP contribution in [0.15, 0.2) is 47.6 Å². The lowest BCUT2D eigenvalue weighted by Crippen LogP contribution is -2.42. The molecule has 1 heterocycles. The Hall–Kier alpha value is -2.33. The van der Waals surface area contributed by atoms with Crippen molar-refractivity contribution in [2.75, 3.05) is 0 Å². The van der Waals surface area contributed by atoms with Crippen LogP contribution in [0.4, 0.5) is 26.3 Å². The van der Waals surface area contributed by atoms with Gasteiger partial charge < -0.3 is 9.26 Å². The number of aryl methyl sites for hydroxylation is 1. The molecule has 0 bridgehead atoms. The summed E-state index contributed by atoms with van der Waals surface area (Å²) in [5.41, 5.74) is -2.30. The van der Waals surface area contributed by atoms with Gasteiger partial charge in [0.2, 0.25) is 0 Å². The van der Waals surface area contributed by atoms with Gasteiger partial charge in [-0.3, -0.25) is 0 Å². The van der Waals surface area contributed by atoms with E-state index >= 15 is 0 Å². The summed E-state index contributed by atoms with van der Waals surface area (Å²) in [5.74, 6) is 0. The van der Waals surface area contributed by atoms with E-state index in [-0.39, 0.29) is 16.9 Å². The molecule has 3 nitrogen and oxygen atoms in total. The topological polar surface area (TPSA) is 30.8 Å². The van der Waals surface area contributed by atoms with Gasteiger partial charge in [-0.1, -0.05) is 50.2 Å². The summed E-state index contributed by atoms with van der Waals surface area (Å²) in [6.07, 6.45) is -9.06. The van der Waals surface area contributed by atoms with Crippen LogP contribution in [0.5, 0.6) is 0 Å². The van der Waals surface area contributed by atoms with Gasteiger partial charge in [0.15, 0.2) is 8.32 Å². The largest absolute Gasteiger partial charge is 0.435 e. The molecule has 0 saturated heterocycles. The van der Waals surface area contributed by atoms with E-state index in [1.54, 1.807) is 12.1 Å². The van der Waals surface area contributed by atoms with Gasteiger partial charge in [0.25, 0.3) is 5.60 Å². The van der Waals surface area contributed by atoms with Crippen molar-refractivity contribution in [2.45, 2.75) is 82.2 Å². The van der Waals surface area contributed by atoms with Gasteiger partial charge in [-0.2, -0.15) is 26.3 Å². The van der Waals surface area contributed by atoms with Crippen LogP contribution in [-0.4, -0.2) is 20.2 Å². The maximum Gasteiger partial charge on any atom is 0.435 e. The average molecular weight is 530 g/mol. The van der Waals surface area contributed by atoms with Crippen LogP contribution < -0.4 is 0 Å². The maximum atomic E-state index is 14.3. The number of benzene rings is 2. The van der Waals surface area contributed by atoms with E-state index in [0.717, 1.165) is 35.7 Å². The van der Waals surface area contributed by atoms with Crippen LogP contribution in [0.3, 0.4) is 0 Å². The minimum absolute atomic E-state index is 0.0377. The van der Waals surface area contributed by atoms with Gasteiger partial charge in [-0.25, -0.2) is 0 Å². The highest BCUT2D eigenvalue weighted by molar-refractivity contribution is 6.74. The highest BCUT2D eigenvalue weighted by Crippen LogP contribution is 2.50. The minimum Gasteiger partial charge on any atom is -0.410 e. The zero-order chi connectivity index (χ0) is 26.7. The van der Waals surface area contributed by atoms with Crippen LogP contribution in [0, 0.1) is 0 Å². The third-order valence-corrected chi connectivity index (χ3v) is 12.1. The standard InChI is InChI=1S/C26H29F6NO2Si/c1-23(2,3)36(4,5)34-22-12-10-16-13-17(9-11-20(16)22)21-15-24(35-33-21,26(30,31)32)18-7-6-8-19(14-18)25(27,28)29/h6-9,11,13-14,22H,10,12,15H2,1-5H3. The van der Waals surface area contributed by atoms with E-state index in [2.05, 4.69) is 39.0 Å². The SMILES string of the molecule is CC(C)(C)[Si](C)(C)OC1CCc2cc(C3=NOC(c4cccc(C(F)(F)F)c4)(C(F)(F)F)C3)ccc21. The molecule has 2 unspecified atom stereocenters. The molecule has 0 radical (unpaired) electrons. The van der Waals surface area contributed by atoms with Crippen molar-refractivity contribution in [3.8, 4) is 0 Å². The number of rotatable bonds is 4. The van der Waals surface area contributed by atoms with Crippen molar-refractivity contribution in [3.63, 3.8) is 0 Å². The molecule has 1 aliphatic carbocycles. The number of alkyl halides is 6. The second-order valence-electron chi connectivity index (χ2n) is 11.0. The zero-order valence-corrected chi connectivity index (χ0v) is 21.8. The minimum atomic E-state index is -4.98. The molecular weight excluding hydrogens is 500 g/mol. The van der Waals surface area contributed by atoms with Crippen molar-refractivity contribution in [1.29, 1.82) is 0 Å². The maximum absolute atomic E-state index is 14.3. The molecular formula is C26H29F6NO2Si. The first-order chi connectivity index (χ1) is 16.4. The van der Waals surface area contributed by atoms with Crippen LogP contribution in [-0.2, 0) is 27.5 Å². The lowest BCUT2D eigenvalue weighted by Gasteiger charge is -2.38. The Morgan fingerprint density at radius 3 is 2.31 bits per heavy atom. The first-order valence-electron chi connectivity index (χ1n) is 11.8. The van der Waals surface area contributed by atoms with Crippen LogP contribution in [0.1, 0.15) is 67.5 Å². The normalized spacial score (nSPS) is 22.9. The van der Waals surface area contributed by atoms with E-state index in [4.69, 9.17) is 9.26 Å². The highest BCUT2D eigenvalue weighted by Gasteiger charge is 2.62. The van der Waals surface area contributed by atoms with E-state index in [1.807, 2.05) is 6.07 Å². The quantitative estimate of drug-likeness (QED) is 0.295. The molecule has 196 valence electrons. The lowest BCUT2D eigenvalue weighted by molar-refractivity contribution is -0.276. The molecule has 0 aromatic heterocycles. The zero-order valence-electron chi connectivity index (χ0n) is 20.8. The summed E-state index contributed by atoms with van der Waals surface area (Å²) in [6, 6.07) is 8.50. The van der Waals surface area contributed by atoms with Gasteiger partial charge in [-0.15, -0.1) is 0 Å². The molecule has 36 heavy (non-hydrogen) atoms. The predicted molar refractivity (Wildman–Crippen MR) is 127 cm³/mol. The Morgan fingerprint density at radius 2 is 1.69 bits per heavy atom. The van der Waals surface area contributed by atoms with Gasteiger partial charge >= 0.3 is 12.4 Å². The summed E-state index contributed by atoms with van der Waals surface area (Å²) in [5, 5.41) is 3.76. The van der Waals surface area contributed by atoms with Crippen molar-refractivity contribution in [2.24, 2.45) is 5.16 Å². The second kappa shape index (κ2) is 8.61. The Labute approximate surface area is 207 Å². The van der Waals surface area contributed by atoms with Crippen LogP contribution in [0.25, 0.3) is 0 Å². The molecule has 10 heteroatoms. The Balaban J connectivity index is 1.62. The number of hydrogen-bond acceptors (Lipinski definition) is 3. The van der Waals surface area contributed by atoms with E-state index in [0.29, 0.717) is 18.1 Å². The molecule has 0 fully saturated rings. The molecule has 4 rings (SSSR count). The number of oxime groups is 1. The van der Waals surface area contributed by atoms with E-state index < -0.39 is 43.8 Å². The van der Waals surface area contributed by atoms with Gasteiger partial charge in [0.1, 0.15) is 0 Å². The highest BCUT2D eigenvalue weighted by atomic mass is 28.4. The monoisotopic (exact) mass is 529 g/mol. The summed E-state index contributed by atoms with van der Waals surface area (Å²) in [4.78, 5) is 4.95. The molecule has 2 aromatic carbocycles. The van der Waals surface area contributed by atoms with Gasteiger partial charge in [-0.05, 0) is 65.9 Å². The Kier molecular flexibility index (Phi) is 6.39. The summed E-state index contributed by atoms with van der Waals surface area (Å²) in [6.45, 7) is 10.8. The molecule has 0 saturated carbocycles. The molecule has 0 amide bonds. The molecule has 2 aromatic rings. The van der Waals surface area contributed by atoms with E-state index in [9.17, 15) is 26.3 Å². The molecule has 0 N–H and O–H groups in total. The average Bonchev–Trinajstić information content (AvgIpc) is 3.37. The first-order valence-corrected chi connectivity index (χ1v) is 14.7. The van der Waals surface area contributed by atoms with Crippen molar-refractivity contribution in [3.05, 3.63) is 70.3 Å². The van der Waals surface area contributed by atoms with Gasteiger partial charge in [0.05, 0.1) is 17.4 Å². The van der Waals surface area contributed by atoms with E-state index in [1.165, 1.54) is 0 Å².